The topological polar surface area (TPSA) is 94.3 Å². The first kappa shape index (κ1) is 17.6. The first-order valence-corrected chi connectivity index (χ1v) is 9.48. The van der Waals surface area contributed by atoms with E-state index in [0.717, 1.165) is 15.8 Å². The van der Waals surface area contributed by atoms with Crippen LogP contribution in [0.25, 0.3) is 11.4 Å². The van der Waals surface area contributed by atoms with Gasteiger partial charge in [0.05, 0.1) is 18.6 Å². The van der Waals surface area contributed by atoms with Crippen LogP contribution in [0.2, 0.25) is 0 Å². The maximum absolute atomic E-state index is 12.2. The van der Waals surface area contributed by atoms with Crippen molar-refractivity contribution in [3.8, 4) is 17.1 Å². The summed E-state index contributed by atoms with van der Waals surface area (Å²) in [6.07, 6.45) is 0. The van der Waals surface area contributed by atoms with E-state index in [4.69, 9.17) is 9.26 Å². The molecule has 25 heavy (non-hydrogen) atoms. The van der Waals surface area contributed by atoms with Crippen molar-refractivity contribution in [2.45, 2.75) is 11.4 Å². The first-order chi connectivity index (χ1) is 12.0. The molecule has 2 aromatic carbocycles. The fourth-order valence-electron chi connectivity index (χ4n) is 2.04. The van der Waals surface area contributed by atoms with E-state index in [1.54, 1.807) is 43.5 Å². The van der Waals surface area contributed by atoms with Crippen LogP contribution in [-0.4, -0.2) is 25.7 Å². The van der Waals surface area contributed by atoms with Gasteiger partial charge in [-0.3, -0.25) is 0 Å². The molecule has 0 aliphatic heterocycles. The molecular weight excluding hydrogens is 410 g/mol. The zero-order valence-electron chi connectivity index (χ0n) is 13.1. The molecule has 1 heterocycles. The maximum Gasteiger partial charge on any atom is 0.242 e. The molecule has 9 heteroatoms. The van der Waals surface area contributed by atoms with Crippen molar-refractivity contribution in [3.05, 3.63) is 58.9 Å². The van der Waals surface area contributed by atoms with Crippen LogP contribution >= 0.6 is 15.9 Å². The number of nitrogens with one attached hydrogen (secondary N) is 1. The van der Waals surface area contributed by atoms with Crippen molar-refractivity contribution in [3.63, 3.8) is 0 Å². The van der Waals surface area contributed by atoms with Crippen LogP contribution < -0.4 is 9.46 Å². The summed E-state index contributed by atoms with van der Waals surface area (Å²) >= 11 is 3.27. The summed E-state index contributed by atoms with van der Waals surface area (Å²) in [7, 11) is -2.07. The second kappa shape index (κ2) is 7.34. The van der Waals surface area contributed by atoms with Gasteiger partial charge >= 0.3 is 0 Å². The first-order valence-electron chi connectivity index (χ1n) is 7.20. The van der Waals surface area contributed by atoms with E-state index < -0.39 is 10.0 Å². The third-order valence-electron chi connectivity index (χ3n) is 3.35. The quantitative estimate of drug-likeness (QED) is 0.654. The summed E-state index contributed by atoms with van der Waals surface area (Å²) in [5.74, 6) is 1.27. The van der Waals surface area contributed by atoms with Crippen molar-refractivity contribution in [1.82, 2.24) is 14.9 Å². The highest BCUT2D eigenvalue weighted by Gasteiger charge is 2.16. The van der Waals surface area contributed by atoms with Gasteiger partial charge in [0.2, 0.25) is 21.7 Å². The minimum Gasteiger partial charge on any atom is -0.497 e. The van der Waals surface area contributed by atoms with Crippen LogP contribution in [0.15, 0.2) is 62.4 Å². The van der Waals surface area contributed by atoms with Crippen molar-refractivity contribution in [2.75, 3.05) is 7.11 Å². The van der Waals surface area contributed by atoms with Crippen LogP contribution in [0.4, 0.5) is 0 Å². The average Bonchev–Trinajstić information content (AvgIpc) is 3.10. The molecule has 1 N–H and O–H groups in total. The molecule has 0 aliphatic rings. The predicted molar refractivity (Wildman–Crippen MR) is 94.5 cm³/mol. The SMILES string of the molecule is COc1ccc(-c2noc(CNS(=O)(=O)c3ccc(Br)cc3)n2)cc1. The fraction of sp³-hybridized carbons (Fsp3) is 0.125. The van der Waals surface area contributed by atoms with E-state index >= 15 is 0 Å². The van der Waals surface area contributed by atoms with Gasteiger partial charge in [0.15, 0.2) is 0 Å². The second-order valence-electron chi connectivity index (χ2n) is 5.02. The lowest BCUT2D eigenvalue weighted by Crippen LogP contribution is -2.23. The van der Waals surface area contributed by atoms with Gasteiger partial charge in [-0.25, -0.2) is 13.1 Å². The number of hydrogen-bond acceptors (Lipinski definition) is 6. The van der Waals surface area contributed by atoms with Crippen LogP contribution in [0.1, 0.15) is 5.89 Å². The van der Waals surface area contributed by atoms with Crippen LogP contribution in [0.5, 0.6) is 5.75 Å². The molecule has 0 saturated heterocycles. The monoisotopic (exact) mass is 423 g/mol. The predicted octanol–water partition coefficient (Wildman–Crippen LogP) is 2.99. The van der Waals surface area contributed by atoms with Crippen molar-refractivity contribution in [2.24, 2.45) is 0 Å². The van der Waals surface area contributed by atoms with E-state index in [1.807, 2.05) is 0 Å². The van der Waals surface area contributed by atoms with Gasteiger partial charge in [-0.05, 0) is 48.5 Å². The Balaban J connectivity index is 1.69. The molecule has 0 spiro atoms. The van der Waals surface area contributed by atoms with Gasteiger partial charge in [0, 0.05) is 10.0 Å². The minimum atomic E-state index is -3.65. The van der Waals surface area contributed by atoms with E-state index in [1.165, 1.54) is 12.1 Å². The van der Waals surface area contributed by atoms with E-state index in [9.17, 15) is 8.42 Å². The minimum absolute atomic E-state index is 0.0957. The Hall–Kier alpha value is -2.23. The van der Waals surface area contributed by atoms with Crippen LogP contribution in [-0.2, 0) is 16.6 Å². The second-order valence-corrected chi connectivity index (χ2v) is 7.70. The molecule has 0 atom stereocenters. The summed E-state index contributed by atoms with van der Waals surface area (Å²) in [6, 6.07) is 13.5. The number of halogens is 1. The highest BCUT2D eigenvalue weighted by atomic mass is 79.9. The lowest BCUT2D eigenvalue weighted by molar-refractivity contribution is 0.376. The zero-order chi connectivity index (χ0) is 17.9. The lowest BCUT2D eigenvalue weighted by atomic mass is 10.2. The molecule has 3 rings (SSSR count). The summed E-state index contributed by atoms with van der Waals surface area (Å²) in [5, 5.41) is 3.86. The summed E-state index contributed by atoms with van der Waals surface area (Å²) in [5.41, 5.74) is 0.742. The van der Waals surface area contributed by atoms with Crippen molar-refractivity contribution in [1.29, 1.82) is 0 Å². The Kier molecular flexibility index (Phi) is 5.16. The molecule has 0 aliphatic carbocycles. The van der Waals surface area contributed by atoms with Gasteiger partial charge in [0.25, 0.3) is 0 Å². The third-order valence-corrected chi connectivity index (χ3v) is 5.30. The Bertz CT molecular complexity index is 954. The standard InChI is InChI=1S/C16H14BrN3O4S/c1-23-13-6-2-11(3-7-13)16-19-15(24-20-16)10-18-25(21,22)14-8-4-12(17)5-9-14/h2-9,18H,10H2,1H3. The Labute approximate surface area is 153 Å². The Morgan fingerprint density at radius 2 is 1.80 bits per heavy atom. The number of sulfonamides is 1. The number of benzene rings is 2. The molecule has 0 fully saturated rings. The largest absolute Gasteiger partial charge is 0.497 e. The molecule has 0 amide bonds. The average molecular weight is 424 g/mol. The van der Waals surface area contributed by atoms with Crippen molar-refractivity contribution >= 4 is 26.0 Å². The number of aromatic nitrogens is 2. The smallest absolute Gasteiger partial charge is 0.242 e. The zero-order valence-corrected chi connectivity index (χ0v) is 15.5. The van der Waals surface area contributed by atoms with Crippen LogP contribution in [0, 0.1) is 0 Å². The molecule has 0 unspecified atom stereocenters. The van der Waals surface area contributed by atoms with Gasteiger partial charge in [-0.1, -0.05) is 21.1 Å². The third kappa shape index (κ3) is 4.25. The molecule has 0 radical (unpaired) electrons. The fourth-order valence-corrected chi connectivity index (χ4v) is 3.28. The Morgan fingerprint density at radius 1 is 1.12 bits per heavy atom. The van der Waals surface area contributed by atoms with E-state index in [-0.39, 0.29) is 17.3 Å². The number of rotatable bonds is 6. The van der Waals surface area contributed by atoms with Gasteiger partial charge < -0.3 is 9.26 Å². The highest BCUT2D eigenvalue weighted by Crippen LogP contribution is 2.20. The van der Waals surface area contributed by atoms with E-state index in [0.29, 0.717) is 5.82 Å². The number of hydrogen-bond donors (Lipinski definition) is 1. The molecule has 3 aromatic rings. The maximum atomic E-state index is 12.2. The summed E-state index contributed by atoms with van der Waals surface area (Å²) in [6.45, 7) is -0.0957. The molecular formula is C16H14BrN3O4S. The molecule has 130 valence electrons. The number of ether oxygens (including phenoxy) is 1. The number of nitrogens with zero attached hydrogens (tertiary/aromatic N) is 2. The normalized spacial score (nSPS) is 11.4. The van der Waals surface area contributed by atoms with E-state index in [2.05, 4.69) is 30.8 Å². The van der Waals surface area contributed by atoms with Gasteiger partial charge in [0.1, 0.15) is 5.75 Å². The molecule has 1 aromatic heterocycles. The van der Waals surface area contributed by atoms with Gasteiger partial charge in [-0.15, -0.1) is 0 Å². The molecule has 0 saturated carbocycles. The van der Waals surface area contributed by atoms with Crippen LogP contribution in [0.3, 0.4) is 0 Å². The molecule has 0 bridgehead atoms. The molecule has 7 nitrogen and oxygen atoms in total. The summed E-state index contributed by atoms with van der Waals surface area (Å²) < 4.78 is 37.9. The van der Waals surface area contributed by atoms with Gasteiger partial charge in [-0.2, -0.15) is 4.98 Å². The Morgan fingerprint density at radius 3 is 2.44 bits per heavy atom. The van der Waals surface area contributed by atoms with Crippen molar-refractivity contribution < 1.29 is 17.7 Å². The number of methoxy groups -OCH3 is 1. The lowest BCUT2D eigenvalue weighted by Gasteiger charge is -2.04. The summed E-state index contributed by atoms with van der Waals surface area (Å²) in [4.78, 5) is 4.35. The highest BCUT2D eigenvalue weighted by molar-refractivity contribution is 9.10.